The van der Waals surface area contributed by atoms with Gasteiger partial charge in [-0.25, -0.2) is 0 Å². The molecule has 7 heteroatoms. The fourth-order valence-corrected chi connectivity index (χ4v) is 7.32. The van der Waals surface area contributed by atoms with Crippen LogP contribution in [0, 0.1) is 0 Å². The summed E-state index contributed by atoms with van der Waals surface area (Å²) in [5.74, 6) is 1.45. The number of aromatic hydroxyl groups is 2. The molecule has 0 aliphatic carbocycles. The predicted molar refractivity (Wildman–Crippen MR) is 138 cm³/mol. The van der Waals surface area contributed by atoms with Crippen molar-refractivity contribution >= 4 is 35.9 Å². The minimum absolute atomic E-state index is 0. The van der Waals surface area contributed by atoms with Crippen LogP contribution in [0.1, 0.15) is 34.5 Å². The zero-order chi connectivity index (χ0) is 21.9. The topological polar surface area (TPSA) is 52.9 Å². The molecule has 0 saturated carbocycles. The zero-order valence-corrected chi connectivity index (χ0v) is 20.7. The Balaban J connectivity index is 0.00000259. The number of hydrogen-bond acceptors (Lipinski definition) is 6. The van der Waals surface area contributed by atoms with Crippen molar-refractivity contribution in [1.29, 1.82) is 0 Å². The molecular weight excluding hydrogens is 474 g/mol. The molecule has 1 saturated heterocycles. The second-order valence-corrected chi connectivity index (χ2v) is 10.6. The van der Waals surface area contributed by atoms with E-state index in [0.717, 1.165) is 29.4 Å². The molecule has 2 aliphatic rings. The Bertz CT molecular complexity index is 1070. The van der Waals surface area contributed by atoms with Crippen molar-refractivity contribution < 1.29 is 14.9 Å². The van der Waals surface area contributed by atoms with Crippen molar-refractivity contribution in [3.05, 3.63) is 77.9 Å². The molecular formula is C26H28ClNO3S2. The number of rotatable bonds is 6. The van der Waals surface area contributed by atoms with E-state index in [9.17, 15) is 10.2 Å². The Labute approximate surface area is 209 Å². The van der Waals surface area contributed by atoms with Crippen LogP contribution in [0.15, 0.2) is 76.5 Å². The van der Waals surface area contributed by atoms with E-state index in [1.165, 1.54) is 36.4 Å². The summed E-state index contributed by atoms with van der Waals surface area (Å²) < 4.78 is 5.99. The van der Waals surface area contributed by atoms with Gasteiger partial charge in [-0.05, 0) is 79.5 Å². The zero-order valence-electron chi connectivity index (χ0n) is 18.2. The molecule has 0 aromatic heterocycles. The molecule has 0 radical (unpaired) electrons. The van der Waals surface area contributed by atoms with Gasteiger partial charge in [-0.3, -0.25) is 4.90 Å². The third-order valence-electron chi connectivity index (χ3n) is 5.99. The van der Waals surface area contributed by atoms with Crippen molar-refractivity contribution in [1.82, 2.24) is 4.90 Å². The molecule has 2 heterocycles. The van der Waals surface area contributed by atoms with E-state index >= 15 is 0 Å². The van der Waals surface area contributed by atoms with Gasteiger partial charge in [0.15, 0.2) is 0 Å². The number of ether oxygens (including phenoxy) is 1. The fourth-order valence-electron chi connectivity index (χ4n) is 4.32. The van der Waals surface area contributed by atoms with Gasteiger partial charge in [0.25, 0.3) is 0 Å². The van der Waals surface area contributed by atoms with E-state index in [0.29, 0.717) is 0 Å². The normalized spacial score (nSPS) is 20.1. The lowest BCUT2D eigenvalue weighted by molar-refractivity contribution is 0.238. The van der Waals surface area contributed by atoms with Crippen molar-refractivity contribution in [2.45, 2.75) is 33.1 Å². The Hall–Kier alpha value is -1.99. The number of hydrogen-bond donors (Lipinski definition) is 2. The lowest BCUT2D eigenvalue weighted by Gasteiger charge is -2.33. The minimum Gasteiger partial charge on any atom is -0.508 e. The SMILES string of the molecule is Cl.Oc1cccc([C@H]2Sc3cc(O)ccc3S[C@H]2c2ccc(OCCN3CCCC3)cc2)c1. The highest BCUT2D eigenvalue weighted by molar-refractivity contribution is 8.06. The van der Waals surface area contributed by atoms with Gasteiger partial charge in [-0.2, -0.15) is 0 Å². The van der Waals surface area contributed by atoms with E-state index in [-0.39, 0.29) is 34.4 Å². The number of benzene rings is 3. The van der Waals surface area contributed by atoms with Crippen LogP contribution in [0.2, 0.25) is 0 Å². The Morgan fingerprint density at radius 1 is 0.788 bits per heavy atom. The van der Waals surface area contributed by atoms with Crippen LogP contribution in [-0.2, 0) is 0 Å². The van der Waals surface area contributed by atoms with Crippen LogP contribution in [0.5, 0.6) is 17.2 Å². The second kappa shape index (κ2) is 11.0. The van der Waals surface area contributed by atoms with Crippen LogP contribution in [0.4, 0.5) is 0 Å². The first kappa shape index (κ1) is 24.1. The maximum absolute atomic E-state index is 10.1. The lowest BCUT2D eigenvalue weighted by Crippen LogP contribution is -2.25. The Kier molecular flexibility index (Phi) is 8.02. The number of thioether (sulfide) groups is 2. The second-order valence-electron chi connectivity index (χ2n) is 8.27. The first-order chi connectivity index (χ1) is 15.7. The molecule has 0 unspecified atom stereocenters. The number of likely N-dealkylation sites (tertiary alicyclic amines) is 1. The number of phenols is 2. The molecule has 1 fully saturated rings. The first-order valence-electron chi connectivity index (χ1n) is 11.1. The van der Waals surface area contributed by atoms with Crippen LogP contribution in [-0.4, -0.2) is 41.4 Å². The molecule has 3 aromatic carbocycles. The molecule has 2 atom stereocenters. The predicted octanol–water partition coefficient (Wildman–Crippen LogP) is 6.67. The van der Waals surface area contributed by atoms with Gasteiger partial charge in [-0.1, -0.05) is 24.3 Å². The monoisotopic (exact) mass is 501 g/mol. The van der Waals surface area contributed by atoms with Gasteiger partial charge in [-0.15, -0.1) is 35.9 Å². The molecule has 3 aromatic rings. The molecule has 0 amide bonds. The summed E-state index contributed by atoms with van der Waals surface area (Å²) in [5.41, 5.74) is 2.30. The van der Waals surface area contributed by atoms with Gasteiger partial charge in [0, 0.05) is 16.3 Å². The average Bonchev–Trinajstić information content (AvgIpc) is 3.32. The Morgan fingerprint density at radius 3 is 2.24 bits per heavy atom. The van der Waals surface area contributed by atoms with Gasteiger partial charge >= 0.3 is 0 Å². The van der Waals surface area contributed by atoms with Crippen molar-refractivity contribution in [3.8, 4) is 17.2 Å². The molecule has 4 nitrogen and oxygen atoms in total. The number of halogens is 1. The number of nitrogens with zero attached hydrogens (tertiary/aromatic N) is 1. The van der Waals surface area contributed by atoms with Gasteiger partial charge in [0.1, 0.15) is 23.9 Å². The summed E-state index contributed by atoms with van der Waals surface area (Å²) >= 11 is 3.55. The average molecular weight is 502 g/mol. The van der Waals surface area contributed by atoms with E-state index < -0.39 is 0 Å². The summed E-state index contributed by atoms with van der Waals surface area (Å²) in [4.78, 5) is 4.70. The summed E-state index contributed by atoms with van der Waals surface area (Å²) in [6.07, 6.45) is 2.60. The largest absolute Gasteiger partial charge is 0.508 e. The van der Waals surface area contributed by atoms with Gasteiger partial charge in [0.05, 0.1) is 10.5 Å². The quantitative estimate of drug-likeness (QED) is 0.393. The highest BCUT2D eigenvalue weighted by Gasteiger charge is 2.33. The summed E-state index contributed by atoms with van der Waals surface area (Å²) in [6, 6.07) is 21.5. The van der Waals surface area contributed by atoms with Crippen LogP contribution in [0.3, 0.4) is 0 Å². The van der Waals surface area contributed by atoms with E-state index in [4.69, 9.17) is 4.74 Å². The molecule has 0 bridgehead atoms. The maximum Gasteiger partial charge on any atom is 0.119 e. The van der Waals surface area contributed by atoms with E-state index in [1.54, 1.807) is 23.9 Å². The third kappa shape index (κ3) is 5.75. The third-order valence-corrected chi connectivity index (χ3v) is 9.09. The molecule has 5 rings (SSSR count). The fraction of sp³-hybridized carbons (Fsp3) is 0.308. The molecule has 2 aliphatic heterocycles. The highest BCUT2D eigenvalue weighted by Crippen LogP contribution is 2.59. The van der Waals surface area contributed by atoms with Crippen molar-refractivity contribution in [3.63, 3.8) is 0 Å². The molecule has 174 valence electrons. The molecule has 2 N–H and O–H groups in total. The van der Waals surface area contributed by atoms with Gasteiger partial charge in [0.2, 0.25) is 0 Å². The lowest BCUT2D eigenvalue weighted by atomic mass is 10.0. The van der Waals surface area contributed by atoms with Crippen molar-refractivity contribution in [2.24, 2.45) is 0 Å². The first-order valence-corrected chi connectivity index (χ1v) is 12.8. The van der Waals surface area contributed by atoms with E-state index in [1.807, 2.05) is 36.0 Å². The van der Waals surface area contributed by atoms with Gasteiger partial charge < -0.3 is 14.9 Å². The maximum atomic E-state index is 10.1. The summed E-state index contributed by atoms with van der Waals surface area (Å²) in [5, 5.41) is 20.3. The van der Waals surface area contributed by atoms with Crippen LogP contribution in [0.25, 0.3) is 0 Å². The molecule has 33 heavy (non-hydrogen) atoms. The number of phenolic OH excluding ortho intramolecular Hbond substituents is 2. The van der Waals surface area contributed by atoms with E-state index in [2.05, 4.69) is 35.2 Å². The Morgan fingerprint density at radius 2 is 1.48 bits per heavy atom. The highest BCUT2D eigenvalue weighted by atomic mass is 35.5. The molecule has 0 spiro atoms. The summed E-state index contributed by atoms with van der Waals surface area (Å²) in [6.45, 7) is 4.08. The standard InChI is InChI=1S/C26H27NO3S2.ClH/c28-20-5-3-4-19(16-20)26-25(31-23-11-8-21(29)17-24(23)32-26)18-6-9-22(10-7-18)30-15-14-27-12-1-2-13-27;/h3-11,16-17,25-26,28-29H,1-2,12-15H2;1H/t25-,26+;/m0./s1. The van der Waals surface area contributed by atoms with Crippen molar-refractivity contribution in [2.75, 3.05) is 26.2 Å². The van der Waals surface area contributed by atoms with Crippen LogP contribution >= 0.6 is 35.9 Å². The number of fused-ring (bicyclic) bond motifs is 1. The van der Waals surface area contributed by atoms with Crippen LogP contribution < -0.4 is 4.74 Å². The minimum atomic E-state index is 0. The summed E-state index contributed by atoms with van der Waals surface area (Å²) in [7, 11) is 0. The smallest absolute Gasteiger partial charge is 0.119 e.